The lowest BCUT2D eigenvalue weighted by Crippen LogP contribution is -2.37. The van der Waals surface area contributed by atoms with Crippen LogP contribution in [0.2, 0.25) is 0 Å². The third kappa shape index (κ3) is 1.24. The predicted molar refractivity (Wildman–Crippen MR) is 53.8 cm³/mol. The van der Waals surface area contributed by atoms with E-state index in [2.05, 4.69) is 19.9 Å². The summed E-state index contributed by atoms with van der Waals surface area (Å²) in [6, 6.07) is 0. The van der Waals surface area contributed by atoms with Gasteiger partial charge in [0.2, 0.25) is 0 Å². The summed E-state index contributed by atoms with van der Waals surface area (Å²) in [4.78, 5) is 22.2. The van der Waals surface area contributed by atoms with Gasteiger partial charge in [-0.1, -0.05) is 19.9 Å². The van der Waals surface area contributed by atoms with Gasteiger partial charge >= 0.3 is 0 Å². The Morgan fingerprint density at radius 3 is 2.79 bits per heavy atom. The molecule has 0 aromatic heterocycles. The van der Waals surface area contributed by atoms with Gasteiger partial charge in [-0.3, -0.25) is 9.59 Å². The standard InChI is InChI=1S/C12H16O2/c1-8-3-11(14)5-10-4-9(7-13)6-12(8,10)2/h6-8,10H,3-5H2,1-2H3/t8?,10-,12?/m1/s1. The zero-order valence-electron chi connectivity index (χ0n) is 8.75. The quantitative estimate of drug-likeness (QED) is 0.596. The molecule has 0 amide bonds. The second-order valence-electron chi connectivity index (χ2n) is 4.95. The molecular formula is C12H16O2. The smallest absolute Gasteiger partial charge is 0.145 e. The summed E-state index contributed by atoms with van der Waals surface area (Å²) in [5, 5.41) is 0. The third-order valence-electron chi connectivity index (χ3n) is 4.08. The summed E-state index contributed by atoms with van der Waals surface area (Å²) in [5.74, 6) is 1.12. The van der Waals surface area contributed by atoms with Crippen LogP contribution in [0.5, 0.6) is 0 Å². The van der Waals surface area contributed by atoms with Gasteiger partial charge in [-0.05, 0) is 29.2 Å². The normalized spacial score (nSPS) is 41.9. The van der Waals surface area contributed by atoms with Gasteiger partial charge < -0.3 is 0 Å². The van der Waals surface area contributed by atoms with Crippen molar-refractivity contribution in [2.75, 3.05) is 0 Å². The van der Waals surface area contributed by atoms with Crippen molar-refractivity contribution in [3.63, 3.8) is 0 Å². The monoisotopic (exact) mass is 192 g/mol. The molecule has 2 heteroatoms. The first kappa shape index (κ1) is 9.63. The first-order valence-corrected chi connectivity index (χ1v) is 5.25. The fourth-order valence-electron chi connectivity index (χ4n) is 2.92. The van der Waals surface area contributed by atoms with Gasteiger partial charge in [0, 0.05) is 12.8 Å². The van der Waals surface area contributed by atoms with Crippen molar-refractivity contribution in [2.45, 2.75) is 33.1 Å². The van der Waals surface area contributed by atoms with Crippen molar-refractivity contribution in [2.24, 2.45) is 17.3 Å². The zero-order valence-corrected chi connectivity index (χ0v) is 8.75. The first-order chi connectivity index (χ1) is 6.56. The van der Waals surface area contributed by atoms with Crippen molar-refractivity contribution in [1.29, 1.82) is 0 Å². The molecule has 0 N–H and O–H groups in total. The molecule has 0 radical (unpaired) electrons. The van der Waals surface area contributed by atoms with Gasteiger partial charge in [0.15, 0.2) is 0 Å². The zero-order chi connectivity index (χ0) is 10.3. The van der Waals surface area contributed by atoms with Crippen LogP contribution in [0.4, 0.5) is 0 Å². The molecule has 76 valence electrons. The number of allylic oxidation sites excluding steroid dienone is 2. The molecule has 0 heterocycles. The summed E-state index contributed by atoms with van der Waals surface area (Å²) >= 11 is 0. The molecular weight excluding hydrogens is 176 g/mol. The number of fused-ring (bicyclic) bond motifs is 1. The Morgan fingerprint density at radius 2 is 2.14 bits per heavy atom. The highest BCUT2D eigenvalue weighted by Crippen LogP contribution is 2.51. The highest BCUT2D eigenvalue weighted by Gasteiger charge is 2.46. The summed E-state index contributed by atoms with van der Waals surface area (Å²) in [5.41, 5.74) is 0.975. The third-order valence-corrected chi connectivity index (χ3v) is 4.08. The molecule has 0 bridgehead atoms. The maximum atomic E-state index is 11.4. The molecule has 1 fully saturated rings. The average molecular weight is 192 g/mol. The van der Waals surface area contributed by atoms with E-state index in [4.69, 9.17) is 0 Å². The Labute approximate surface area is 84.4 Å². The summed E-state index contributed by atoms with van der Waals surface area (Å²) in [6.45, 7) is 4.31. The van der Waals surface area contributed by atoms with Gasteiger partial charge in [-0.25, -0.2) is 0 Å². The van der Waals surface area contributed by atoms with Crippen molar-refractivity contribution >= 4 is 12.1 Å². The molecule has 2 nitrogen and oxygen atoms in total. The van der Waals surface area contributed by atoms with Gasteiger partial charge in [0.1, 0.15) is 12.1 Å². The predicted octanol–water partition coefficient (Wildman–Crippen LogP) is 2.14. The van der Waals surface area contributed by atoms with Crippen molar-refractivity contribution < 1.29 is 9.59 Å². The second kappa shape index (κ2) is 3.04. The lowest BCUT2D eigenvalue weighted by molar-refractivity contribution is -0.125. The van der Waals surface area contributed by atoms with E-state index in [1.165, 1.54) is 0 Å². The van der Waals surface area contributed by atoms with E-state index in [0.717, 1.165) is 18.3 Å². The first-order valence-electron chi connectivity index (χ1n) is 5.25. The van der Waals surface area contributed by atoms with Crippen LogP contribution in [0.3, 0.4) is 0 Å². The summed E-state index contributed by atoms with van der Waals surface area (Å²) in [6.07, 6.45) is 5.18. The molecule has 2 aliphatic carbocycles. The maximum Gasteiger partial charge on any atom is 0.145 e. The number of hydrogen-bond acceptors (Lipinski definition) is 2. The van der Waals surface area contributed by atoms with Crippen LogP contribution in [0.25, 0.3) is 0 Å². The highest BCUT2D eigenvalue weighted by atomic mass is 16.1. The molecule has 2 rings (SSSR count). The lowest BCUT2D eigenvalue weighted by atomic mass is 9.63. The maximum absolute atomic E-state index is 11.4. The van der Waals surface area contributed by atoms with Gasteiger partial charge in [0.05, 0.1) is 0 Å². The highest BCUT2D eigenvalue weighted by molar-refractivity contribution is 5.82. The summed E-state index contributed by atoms with van der Waals surface area (Å²) < 4.78 is 0. The van der Waals surface area contributed by atoms with Crippen LogP contribution >= 0.6 is 0 Å². The molecule has 0 aliphatic heterocycles. The van der Waals surface area contributed by atoms with E-state index >= 15 is 0 Å². The molecule has 2 unspecified atom stereocenters. The fraction of sp³-hybridized carbons (Fsp3) is 0.667. The number of carbonyl (C=O) groups excluding carboxylic acids is 2. The van der Waals surface area contributed by atoms with Crippen LogP contribution < -0.4 is 0 Å². The Bertz CT molecular complexity index is 316. The molecule has 2 aliphatic rings. The SMILES string of the molecule is CC1CC(=O)C[C@H]2CC(C=O)=CC12C. The largest absolute Gasteiger partial charge is 0.300 e. The van der Waals surface area contributed by atoms with Crippen LogP contribution in [0.15, 0.2) is 11.6 Å². The van der Waals surface area contributed by atoms with Crippen LogP contribution in [0, 0.1) is 17.3 Å². The number of ketones is 1. The van der Waals surface area contributed by atoms with E-state index in [9.17, 15) is 9.59 Å². The molecule has 14 heavy (non-hydrogen) atoms. The van der Waals surface area contributed by atoms with E-state index in [0.29, 0.717) is 30.5 Å². The number of hydrogen-bond donors (Lipinski definition) is 0. The Balaban J connectivity index is 2.31. The number of Topliss-reactive ketones (excluding diaryl/α,β-unsaturated/α-hetero) is 1. The minimum absolute atomic E-state index is 0.0875. The van der Waals surface area contributed by atoms with Gasteiger partial charge in [0.25, 0.3) is 0 Å². The summed E-state index contributed by atoms with van der Waals surface area (Å²) in [7, 11) is 0. The number of aldehydes is 1. The Kier molecular flexibility index (Phi) is 2.09. The topological polar surface area (TPSA) is 34.1 Å². The van der Waals surface area contributed by atoms with E-state index in [-0.39, 0.29) is 5.41 Å². The van der Waals surface area contributed by atoms with Crippen LogP contribution in [0.1, 0.15) is 33.1 Å². The van der Waals surface area contributed by atoms with Crippen molar-refractivity contribution in [1.82, 2.24) is 0 Å². The number of rotatable bonds is 1. The molecule has 0 aromatic rings. The molecule has 1 saturated carbocycles. The van der Waals surface area contributed by atoms with Crippen molar-refractivity contribution in [3.05, 3.63) is 11.6 Å². The minimum Gasteiger partial charge on any atom is -0.300 e. The Morgan fingerprint density at radius 1 is 1.43 bits per heavy atom. The van der Waals surface area contributed by atoms with Gasteiger partial charge in [-0.2, -0.15) is 0 Å². The van der Waals surface area contributed by atoms with E-state index in [1.807, 2.05) is 0 Å². The average Bonchev–Trinajstić information content (AvgIpc) is 2.44. The molecule has 3 atom stereocenters. The van der Waals surface area contributed by atoms with E-state index in [1.54, 1.807) is 0 Å². The molecule has 0 saturated heterocycles. The van der Waals surface area contributed by atoms with E-state index < -0.39 is 0 Å². The number of carbonyl (C=O) groups is 2. The van der Waals surface area contributed by atoms with Crippen molar-refractivity contribution in [3.8, 4) is 0 Å². The second-order valence-corrected chi connectivity index (χ2v) is 4.95. The fourth-order valence-corrected chi connectivity index (χ4v) is 2.92. The van der Waals surface area contributed by atoms with Crippen LogP contribution in [-0.4, -0.2) is 12.1 Å². The lowest BCUT2D eigenvalue weighted by Gasteiger charge is -2.40. The molecule has 0 aromatic carbocycles. The van der Waals surface area contributed by atoms with Gasteiger partial charge in [-0.15, -0.1) is 0 Å². The Hall–Kier alpha value is -0.920. The van der Waals surface area contributed by atoms with Crippen LogP contribution in [-0.2, 0) is 9.59 Å². The molecule has 0 spiro atoms. The minimum atomic E-state index is 0.0875.